The van der Waals surface area contributed by atoms with Crippen LogP contribution in [0.2, 0.25) is 0 Å². The number of piperidine rings is 1. The molecule has 1 aromatic heterocycles. The van der Waals surface area contributed by atoms with Gasteiger partial charge in [-0.2, -0.15) is 0 Å². The minimum Gasteiger partial charge on any atom is -0.330 e. The SMILES string of the molecule is C=C1CCC(Cc2ccnc(C(C)(C)C)c2)C(=O)N1. The molecule has 1 saturated heterocycles. The van der Waals surface area contributed by atoms with Crippen molar-refractivity contribution in [3.05, 3.63) is 41.9 Å². The Labute approximate surface area is 115 Å². The van der Waals surface area contributed by atoms with E-state index in [9.17, 15) is 4.79 Å². The van der Waals surface area contributed by atoms with E-state index >= 15 is 0 Å². The number of carbonyl (C=O) groups excluding carboxylic acids is 1. The molecule has 3 heteroatoms. The summed E-state index contributed by atoms with van der Waals surface area (Å²) in [7, 11) is 0. The predicted molar refractivity (Wildman–Crippen MR) is 76.6 cm³/mol. The minimum atomic E-state index is 0.0408. The number of allylic oxidation sites excluding steroid dienone is 1. The highest BCUT2D eigenvalue weighted by Gasteiger charge is 2.24. The molecule has 1 unspecified atom stereocenters. The fourth-order valence-corrected chi connectivity index (χ4v) is 2.31. The van der Waals surface area contributed by atoms with Gasteiger partial charge in [-0.25, -0.2) is 0 Å². The maximum absolute atomic E-state index is 11.9. The van der Waals surface area contributed by atoms with Gasteiger partial charge in [0.1, 0.15) is 0 Å². The van der Waals surface area contributed by atoms with Gasteiger partial charge in [0.25, 0.3) is 0 Å². The van der Waals surface area contributed by atoms with E-state index in [1.807, 2.05) is 12.3 Å². The Morgan fingerprint density at radius 2 is 2.21 bits per heavy atom. The summed E-state index contributed by atoms with van der Waals surface area (Å²) in [5.74, 6) is 0.158. The van der Waals surface area contributed by atoms with Gasteiger partial charge in [-0.05, 0) is 37.0 Å². The maximum atomic E-state index is 11.9. The lowest BCUT2D eigenvalue weighted by Crippen LogP contribution is -2.35. The van der Waals surface area contributed by atoms with E-state index < -0.39 is 0 Å². The molecular weight excluding hydrogens is 236 g/mol. The van der Waals surface area contributed by atoms with Crippen LogP contribution in [0.4, 0.5) is 0 Å². The van der Waals surface area contributed by atoms with Crippen LogP contribution in [-0.2, 0) is 16.6 Å². The monoisotopic (exact) mass is 258 g/mol. The first-order chi connectivity index (χ1) is 8.86. The van der Waals surface area contributed by atoms with E-state index in [-0.39, 0.29) is 17.2 Å². The van der Waals surface area contributed by atoms with Crippen molar-refractivity contribution in [1.29, 1.82) is 0 Å². The number of nitrogens with zero attached hydrogens (tertiary/aromatic N) is 1. The van der Waals surface area contributed by atoms with Crippen LogP contribution in [0.1, 0.15) is 44.9 Å². The Kier molecular flexibility index (Phi) is 3.74. The first kappa shape index (κ1) is 13.8. The van der Waals surface area contributed by atoms with Gasteiger partial charge in [-0.15, -0.1) is 0 Å². The third kappa shape index (κ3) is 3.43. The summed E-state index contributed by atoms with van der Waals surface area (Å²) < 4.78 is 0. The largest absolute Gasteiger partial charge is 0.330 e. The van der Waals surface area contributed by atoms with Gasteiger partial charge in [-0.1, -0.05) is 27.4 Å². The molecule has 1 amide bonds. The van der Waals surface area contributed by atoms with Crippen LogP contribution in [0.15, 0.2) is 30.6 Å². The number of nitrogens with one attached hydrogen (secondary N) is 1. The molecular formula is C16H22N2O. The Bertz CT molecular complexity index is 500. The average Bonchev–Trinajstić information content (AvgIpc) is 2.32. The molecule has 1 aliphatic heterocycles. The van der Waals surface area contributed by atoms with E-state index in [1.165, 1.54) is 5.56 Å². The van der Waals surface area contributed by atoms with Crippen molar-refractivity contribution in [2.75, 3.05) is 0 Å². The lowest BCUT2D eigenvalue weighted by molar-refractivity contribution is -0.125. The quantitative estimate of drug-likeness (QED) is 0.886. The fraction of sp³-hybridized carbons (Fsp3) is 0.500. The predicted octanol–water partition coefficient (Wildman–Crippen LogP) is 2.96. The molecule has 1 N–H and O–H groups in total. The van der Waals surface area contributed by atoms with Crippen molar-refractivity contribution in [3.63, 3.8) is 0 Å². The van der Waals surface area contributed by atoms with Gasteiger partial charge >= 0.3 is 0 Å². The van der Waals surface area contributed by atoms with Crippen LogP contribution >= 0.6 is 0 Å². The molecule has 0 aromatic carbocycles. The fourth-order valence-electron chi connectivity index (χ4n) is 2.31. The molecule has 0 saturated carbocycles. The molecule has 102 valence electrons. The maximum Gasteiger partial charge on any atom is 0.227 e. The van der Waals surface area contributed by atoms with E-state index in [4.69, 9.17) is 0 Å². The standard InChI is InChI=1S/C16H22N2O/c1-11-5-6-13(15(19)18-11)9-12-7-8-17-14(10-12)16(2,3)4/h7-8,10,13H,1,5-6,9H2,2-4H3,(H,18,19). The normalized spacial score (nSPS) is 20.3. The van der Waals surface area contributed by atoms with Crippen molar-refractivity contribution in [2.24, 2.45) is 5.92 Å². The minimum absolute atomic E-state index is 0.0408. The Balaban J connectivity index is 2.11. The average molecular weight is 258 g/mol. The van der Waals surface area contributed by atoms with E-state index in [0.29, 0.717) is 0 Å². The zero-order valence-electron chi connectivity index (χ0n) is 12.0. The first-order valence-corrected chi connectivity index (χ1v) is 6.80. The molecule has 0 spiro atoms. The van der Waals surface area contributed by atoms with Crippen LogP contribution in [0.3, 0.4) is 0 Å². The molecule has 1 fully saturated rings. The zero-order chi connectivity index (χ0) is 14.0. The molecule has 0 bridgehead atoms. The molecule has 1 aliphatic rings. The summed E-state index contributed by atoms with van der Waals surface area (Å²) in [5, 5.41) is 2.85. The Hall–Kier alpha value is -1.64. The summed E-state index contributed by atoms with van der Waals surface area (Å²) in [6.45, 7) is 10.3. The second-order valence-corrected chi connectivity index (χ2v) is 6.33. The van der Waals surface area contributed by atoms with Crippen LogP contribution in [0, 0.1) is 5.92 Å². The van der Waals surface area contributed by atoms with Crippen molar-refractivity contribution >= 4 is 5.91 Å². The molecule has 19 heavy (non-hydrogen) atoms. The molecule has 3 nitrogen and oxygen atoms in total. The number of hydrogen-bond acceptors (Lipinski definition) is 2. The first-order valence-electron chi connectivity index (χ1n) is 6.80. The number of amides is 1. The van der Waals surface area contributed by atoms with Gasteiger partial charge in [0.15, 0.2) is 0 Å². The van der Waals surface area contributed by atoms with E-state index in [2.05, 4.69) is 43.7 Å². The van der Waals surface area contributed by atoms with Crippen molar-refractivity contribution < 1.29 is 4.79 Å². The van der Waals surface area contributed by atoms with Gasteiger partial charge in [0, 0.05) is 28.9 Å². The number of hydrogen-bond donors (Lipinski definition) is 1. The van der Waals surface area contributed by atoms with Gasteiger partial charge in [0.05, 0.1) is 0 Å². The summed E-state index contributed by atoms with van der Waals surface area (Å²) in [6.07, 6.45) is 4.39. The molecule has 2 rings (SSSR count). The Morgan fingerprint density at radius 3 is 2.84 bits per heavy atom. The van der Waals surface area contributed by atoms with Crippen LogP contribution in [-0.4, -0.2) is 10.9 Å². The van der Waals surface area contributed by atoms with E-state index in [0.717, 1.165) is 30.7 Å². The number of carbonyl (C=O) groups is 1. The van der Waals surface area contributed by atoms with Crippen molar-refractivity contribution in [1.82, 2.24) is 10.3 Å². The molecule has 1 aromatic rings. The number of aromatic nitrogens is 1. The number of rotatable bonds is 2. The van der Waals surface area contributed by atoms with Crippen LogP contribution in [0.25, 0.3) is 0 Å². The second kappa shape index (κ2) is 5.16. The highest BCUT2D eigenvalue weighted by molar-refractivity contribution is 5.81. The van der Waals surface area contributed by atoms with E-state index in [1.54, 1.807) is 0 Å². The lowest BCUT2D eigenvalue weighted by Gasteiger charge is -2.24. The van der Waals surface area contributed by atoms with Crippen molar-refractivity contribution in [3.8, 4) is 0 Å². The third-order valence-electron chi connectivity index (χ3n) is 3.54. The van der Waals surface area contributed by atoms with Crippen LogP contribution < -0.4 is 5.32 Å². The van der Waals surface area contributed by atoms with Crippen molar-refractivity contribution in [2.45, 2.75) is 45.4 Å². The topological polar surface area (TPSA) is 42.0 Å². The van der Waals surface area contributed by atoms with Gasteiger partial charge < -0.3 is 5.32 Å². The number of pyridine rings is 1. The summed E-state index contributed by atoms with van der Waals surface area (Å²) in [6, 6.07) is 4.13. The van der Waals surface area contributed by atoms with Gasteiger partial charge in [0.2, 0.25) is 5.91 Å². The van der Waals surface area contributed by atoms with Crippen LogP contribution in [0.5, 0.6) is 0 Å². The Morgan fingerprint density at radius 1 is 1.47 bits per heavy atom. The highest BCUT2D eigenvalue weighted by atomic mass is 16.1. The molecule has 0 aliphatic carbocycles. The summed E-state index contributed by atoms with van der Waals surface area (Å²) in [4.78, 5) is 16.3. The zero-order valence-corrected chi connectivity index (χ0v) is 12.0. The second-order valence-electron chi connectivity index (χ2n) is 6.33. The third-order valence-corrected chi connectivity index (χ3v) is 3.54. The van der Waals surface area contributed by atoms with Gasteiger partial charge in [-0.3, -0.25) is 9.78 Å². The lowest BCUT2D eigenvalue weighted by atomic mass is 9.87. The summed E-state index contributed by atoms with van der Waals surface area (Å²) >= 11 is 0. The molecule has 2 heterocycles. The molecule has 1 atom stereocenters. The highest BCUT2D eigenvalue weighted by Crippen LogP contribution is 2.24. The smallest absolute Gasteiger partial charge is 0.227 e. The molecule has 0 radical (unpaired) electrons. The summed E-state index contributed by atoms with van der Waals surface area (Å²) in [5.41, 5.74) is 3.14.